The fourth-order valence-corrected chi connectivity index (χ4v) is 3.36. The van der Waals surface area contributed by atoms with Crippen molar-refractivity contribution in [3.63, 3.8) is 0 Å². The fourth-order valence-electron chi connectivity index (χ4n) is 2.21. The van der Waals surface area contributed by atoms with Crippen molar-refractivity contribution in [2.75, 3.05) is 6.54 Å². The van der Waals surface area contributed by atoms with Crippen LogP contribution in [-0.4, -0.2) is 30.3 Å². The van der Waals surface area contributed by atoms with Crippen LogP contribution in [0, 0.1) is 12.7 Å². The third-order valence-electron chi connectivity index (χ3n) is 4.21. The zero-order valence-corrected chi connectivity index (χ0v) is 16.1. The van der Waals surface area contributed by atoms with E-state index in [1.54, 1.807) is 12.4 Å². The molecule has 0 fully saturated rings. The standard InChI is InChI=1S/C16H23FN4O2S.ClH/c1-4-16(18,5-2)11-20-24(22,23)13-6-7-15(14(17)8-13)21-10-12(3)9-19-21;/h6-10,20H,4-5,11,18H2,1-3H3;1H. The predicted molar refractivity (Wildman–Crippen MR) is 98.2 cm³/mol. The third kappa shape index (κ3) is 5.01. The molecule has 0 aliphatic rings. The number of rotatable bonds is 7. The van der Waals surface area contributed by atoms with Crippen molar-refractivity contribution in [2.45, 2.75) is 44.0 Å². The number of aromatic nitrogens is 2. The number of halogens is 2. The van der Waals surface area contributed by atoms with Crippen LogP contribution in [0.3, 0.4) is 0 Å². The van der Waals surface area contributed by atoms with Gasteiger partial charge in [-0.25, -0.2) is 22.2 Å². The number of nitrogens with one attached hydrogen (secondary N) is 1. The minimum atomic E-state index is -3.83. The molecule has 3 N–H and O–H groups in total. The summed E-state index contributed by atoms with van der Waals surface area (Å²) in [7, 11) is -3.83. The number of hydrogen-bond donors (Lipinski definition) is 2. The van der Waals surface area contributed by atoms with Gasteiger partial charge in [-0.1, -0.05) is 13.8 Å². The first-order valence-electron chi connectivity index (χ1n) is 7.80. The highest BCUT2D eigenvalue weighted by Crippen LogP contribution is 2.19. The molecule has 1 aromatic carbocycles. The number of nitrogens with two attached hydrogens (primary N) is 1. The quantitative estimate of drug-likeness (QED) is 0.760. The van der Waals surface area contributed by atoms with E-state index in [1.165, 1.54) is 16.8 Å². The minimum Gasteiger partial charge on any atom is -0.324 e. The molecule has 0 atom stereocenters. The molecule has 140 valence electrons. The lowest BCUT2D eigenvalue weighted by molar-refractivity contribution is 0.391. The highest BCUT2D eigenvalue weighted by Gasteiger charge is 2.24. The van der Waals surface area contributed by atoms with Crippen molar-refractivity contribution in [1.29, 1.82) is 0 Å². The van der Waals surface area contributed by atoms with Gasteiger partial charge in [0.2, 0.25) is 10.0 Å². The van der Waals surface area contributed by atoms with E-state index in [0.717, 1.165) is 11.6 Å². The van der Waals surface area contributed by atoms with Crippen LogP contribution in [-0.2, 0) is 10.0 Å². The molecule has 0 unspecified atom stereocenters. The summed E-state index contributed by atoms with van der Waals surface area (Å²) >= 11 is 0. The summed E-state index contributed by atoms with van der Waals surface area (Å²) in [6.45, 7) is 5.74. The van der Waals surface area contributed by atoms with Crippen molar-refractivity contribution in [3.05, 3.63) is 42.0 Å². The van der Waals surface area contributed by atoms with Crippen LogP contribution in [0.1, 0.15) is 32.3 Å². The largest absolute Gasteiger partial charge is 0.324 e. The van der Waals surface area contributed by atoms with Gasteiger partial charge in [0.25, 0.3) is 0 Å². The van der Waals surface area contributed by atoms with Crippen LogP contribution in [0.5, 0.6) is 0 Å². The van der Waals surface area contributed by atoms with Crippen LogP contribution < -0.4 is 10.5 Å². The lowest BCUT2D eigenvalue weighted by Gasteiger charge is -2.26. The van der Waals surface area contributed by atoms with Gasteiger partial charge in [0.1, 0.15) is 11.5 Å². The van der Waals surface area contributed by atoms with E-state index >= 15 is 0 Å². The lowest BCUT2D eigenvalue weighted by atomic mass is 9.95. The van der Waals surface area contributed by atoms with Crippen molar-refractivity contribution < 1.29 is 12.8 Å². The van der Waals surface area contributed by atoms with Crippen LogP contribution in [0.25, 0.3) is 5.69 Å². The molecule has 0 saturated carbocycles. The Morgan fingerprint density at radius 3 is 2.44 bits per heavy atom. The van der Waals surface area contributed by atoms with Gasteiger partial charge in [-0.3, -0.25) is 0 Å². The van der Waals surface area contributed by atoms with Crippen molar-refractivity contribution in [2.24, 2.45) is 5.73 Å². The molecular weight excluding hydrogens is 367 g/mol. The van der Waals surface area contributed by atoms with Gasteiger partial charge in [-0.15, -0.1) is 12.4 Å². The van der Waals surface area contributed by atoms with Crippen molar-refractivity contribution in [3.8, 4) is 5.69 Å². The normalized spacial score (nSPS) is 12.0. The first kappa shape index (κ1) is 21.6. The summed E-state index contributed by atoms with van der Waals surface area (Å²) in [5, 5.41) is 4.02. The van der Waals surface area contributed by atoms with E-state index in [1.807, 2.05) is 20.8 Å². The van der Waals surface area contributed by atoms with E-state index in [4.69, 9.17) is 5.73 Å². The minimum absolute atomic E-state index is 0. The van der Waals surface area contributed by atoms with Crippen molar-refractivity contribution >= 4 is 22.4 Å². The average Bonchev–Trinajstić information content (AvgIpc) is 2.99. The maximum atomic E-state index is 14.3. The Morgan fingerprint density at radius 1 is 1.32 bits per heavy atom. The van der Waals surface area contributed by atoms with Crippen LogP contribution >= 0.6 is 12.4 Å². The zero-order valence-electron chi connectivity index (χ0n) is 14.5. The molecule has 0 amide bonds. The molecule has 1 heterocycles. The maximum absolute atomic E-state index is 14.3. The molecule has 9 heteroatoms. The molecule has 25 heavy (non-hydrogen) atoms. The van der Waals surface area contributed by atoms with Crippen LogP contribution in [0.4, 0.5) is 4.39 Å². The molecule has 0 spiro atoms. The summed E-state index contributed by atoms with van der Waals surface area (Å²) in [5.74, 6) is -0.661. The van der Waals surface area contributed by atoms with Gasteiger partial charge in [-0.2, -0.15) is 5.10 Å². The van der Waals surface area contributed by atoms with E-state index in [9.17, 15) is 12.8 Å². The van der Waals surface area contributed by atoms with Gasteiger partial charge in [-0.05, 0) is 43.5 Å². The highest BCUT2D eigenvalue weighted by atomic mass is 35.5. The molecule has 6 nitrogen and oxygen atoms in total. The SMILES string of the molecule is CCC(N)(CC)CNS(=O)(=O)c1ccc(-n2cc(C)cn2)c(F)c1.Cl. The smallest absolute Gasteiger partial charge is 0.240 e. The first-order chi connectivity index (χ1) is 11.2. The second-order valence-electron chi connectivity index (χ2n) is 5.97. The number of sulfonamides is 1. The molecule has 0 aliphatic carbocycles. The van der Waals surface area contributed by atoms with E-state index < -0.39 is 21.4 Å². The van der Waals surface area contributed by atoms with Gasteiger partial charge in [0, 0.05) is 18.3 Å². The molecule has 0 bridgehead atoms. The Labute approximate surface area is 154 Å². The zero-order chi connectivity index (χ0) is 18.0. The summed E-state index contributed by atoms with van der Waals surface area (Å²) < 4.78 is 42.9. The second-order valence-corrected chi connectivity index (χ2v) is 7.74. The van der Waals surface area contributed by atoms with E-state index in [0.29, 0.717) is 12.8 Å². The molecule has 0 aliphatic heterocycles. The molecule has 1 aromatic heterocycles. The maximum Gasteiger partial charge on any atom is 0.240 e. The second kappa shape index (κ2) is 8.27. The summed E-state index contributed by atoms with van der Waals surface area (Å²) in [6, 6.07) is 3.74. The van der Waals surface area contributed by atoms with Crippen LogP contribution in [0.2, 0.25) is 0 Å². The molecule has 2 rings (SSSR count). The topological polar surface area (TPSA) is 90.0 Å². The molecule has 2 aromatic rings. The number of aryl methyl sites for hydroxylation is 1. The highest BCUT2D eigenvalue weighted by molar-refractivity contribution is 7.89. The predicted octanol–water partition coefficient (Wildman–Crippen LogP) is 2.54. The van der Waals surface area contributed by atoms with Gasteiger partial charge in [0.15, 0.2) is 0 Å². The fraction of sp³-hybridized carbons (Fsp3) is 0.438. The Bertz CT molecular complexity index is 819. The van der Waals surface area contributed by atoms with Crippen LogP contribution in [0.15, 0.2) is 35.5 Å². The average molecular weight is 391 g/mol. The monoisotopic (exact) mass is 390 g/mol. The summed E-state index contributed by atoms with van der Waals surface area (Å²) in [5.41, 5.74) is 6.56. The first-order valence-corrected chi connectivity index (χ1v) is 9.29. The van der Waals surface area contributed by atoms with Crippen molar-refractivity contribution in [1.82, 2.24) is 14.5 Å². The van der Waals surface area contributed by atoms with Gasteiger partial charge < -0.3 is 5.73 Å². The Hall–Kier alpha value is -1.48. The Morgan fingerprint density at radius 2 is 1.96 bits per heavy atom. The number of hydrogen-bond acceptors (Lipinski definition) is 4. The van der Waals surface area contributed by atoms with E-state index in [-0.39, 0.29) is 29.5 Å². The summed E-state index contributed by atoms with van der Waals surface area (Å²) in [4.78, 5) is -0.137. The Balaban J connectivity index is 0.00000312. The molecular formula is C16H24ClFN4O2S. The van der Waals surface area contributed by atoms with Gasteiger partial charge >= 0.3 is 0 Å². The lowest BCUT2D eigenvalue weighted by Crippen LogP contribution is -2.49. The Kier molecular flexibility index (Phi) is 7.13. The molecule has 0 saturated heterocycles. The number of benzene rings is 1. The molecule has 0 radical (unpaired) electrons. The third-order valence-corrected chi connectivity index (χ3v) is 5.61. The number of nitrogens with zero attached hydrogens (tertiary/aromatic N) is 2. The summed E-state index contributed by atoms with van der Waals surface area (Å²) in [6.07, 6.45) is 4.54. The van der Waals surface area contributed by atoms with E-state index in [2.05, 4.69) is 9.82 Å². The van der Waals surface area contributed by atoms with Gasteiger partial charge in [0.05, 0.1) is 11.1 Å².